The zero-order chi connectivity index (χ0) is 20.5. The Bertz CT molecular complexity index is 1010. The highest BCUT2D eigenvalue weighted by molar-refractivity contribution is 7.22. The first-order valence-electron chi connectivity index (χ1n) is 10.6. The number of amides is 1. The van der Waals surface area contributed by atoms with Crippen molar-refractivity contribution in [2.24, 2.45) is 0 Å². The van der Waals surface area contributed by atoms with Gasteiger partial charge in [0.2, 0.25) is 11.8 Å². The molecule has 2 aliphatic rings. The number of benzene rings is 1. The van der Waals surface area contributed by atoms with Gasteiger partial charge in [0, 0.05) is 50.7 Å². The number of pyridine rings is 1. The number of anilines is 1. The van der Waals surface area contributed by atoms with Crippen molar-refractivity contribution < 1.29 is 9.53 Å². The van der Waals surface area contributed by atoms with Gasteiger partial charge in [0.05, 0.1) is 10.2 Å². The molecule has 2 fully saturated rings. The number of nitrogens with one attached hydrogen (secondary N) is 1. The van der Waals surface area contributed by atoms with Crippen LogP contribution in [0.2, 0.25) is 0 Å². The molecule has 6 nitrogen and oxygen atoms in total. The number of likely N-dealkylation sites (tertiary alicyclic amines) is 1. The van der Waals surface area contributed by atoms with Crippen molar-refractivity contribution in [3.05, 3.63) is 48.2 Å². The number of hydrogen-bond donors (Lipinski definition) is 1. The molecule has 30 heavy (non-hydrogen) atoms. The van der Waals surface area contributed by atoms with Crippen LogP contribution in [0.15, 0.2) is 42.6 Å². The molecule has 0 bridgehead atoms. The van der Waals surface area contributed by atoms with E-state index >= 15 is 0 Å². The van der Waals surface area contributed by atoms with Gasteiger partial charge in [-0.2, -0.15) is 0 Å². The van der Waals surface area contributed by atoms with Gasteiger partial charge in [0.25, 0.3) is 0 Å². The van der Waals surface area contributed by atoms with Gasteiger partial charge < -0.3 is 15.0 Å². The predicted octanol–water partition coefficient (Wildman–Crippen LogP) is 4.44. The van der Waals surface area contributed by atoms with Crippen molar-refractivity contribution in [2.45, 2.75) is 50.7 Å². The van der Waals surface area contributed by atoms with Gasteiger partial charge in [-0.25, -0.2) is 9.97 Å². The number of carbonyl (C=O) groups excluding carboxylic acids is 1. The smallest absolute Gasteiger partial charge is 0.219 e. The van der Waals surface area contributed by atoms with Crippen molar-refractivity contribution in [2.75, 3.05) is 18.4 Å². The van der Waals surface area contributed by atoms with Crippen LogP contribution in [0, 0.1) is 0 Å². The van der Waals surface area contributed by atoms with Crippen LogP contribution >= 0.6 is 11.3 Å². The van der Waals surface area contributed by atoms with Crippen molar-refractivity contribution in [1.82, 2.24) is 14.9 Å². The Balaban J connectivity index is 1.17. The number of thiazole rings is 1. The van der Waals surface area contributed by atoms with E-state index in [1.54, 1.807) is 24.5 Å². The first kappa shape index (κ1) is 19.3. The van der Waals surface area contributed by atoms with Crippen LogP contribution in [0.1, 0.15) is 44.1 Å². The average molecular weight is 423 g/mol. The minimum atomic E-state index is 0.164. The second kappa shape index (κ2) is 8.22. The predicted molar refractivity (Wildman–Crippen MR) is 119 cm³/mol. The molecular formula is C23H26N4O2S. The molecule has 1 aromatic carbocycles. The fourth-order valence-corrected chi connectivity index (χ4v) is 5.31. The first-order valence-corrected chi connectivity index (χ1v) is 11.5. The second-order valence-electron chi connectivity index (χ2n) is 8.22. The third kappa shape index (κ3) is 3.99. The molecule has 1 amide bonds. The van der Waals surface area contributed by atoms with E-state index < -0.39 is 0 Å². The number of fused-ring (bicyclic) bond motifs is 1. The van der Waals surface area contributed by atoms with Gasteiger partial charge in [-0.3, -0.25) is 4.79 Å². The van der Waals surface area contributed by atoms with E-state index in [4.69, 9.17) is 4.74 Å². The van der Waals surface area contributed by atoms with E-state index in [9.17, 15) is 4.79 Å². The average Bonchev–Trinajstić information content (AvgIpc) is 3.15. The molecule has 156 valence electrons. The molecule has 3 heterocycles. The van der Waals surface area contributed by atoms with E-state index in [1.165, 1.54) is 10.3 Å². The Morgan fingerprint density at radius 3 is 2.73 bits per heavy atom. The molecule has 3 aromatic rings. The highest BCUT2D eigenvalue weighted by Crippen LogP contribution is 2.36. The zero-order valence-corrected chi connectivity index (χ0v) is 17.9. The van der Waals surface area contributed by atoms with Crippen molar-refractivity contribution >= 4 is 32.6 Å². The highest BCUT2D eigenvalue weighted by atomic mass is 32.1. The van der Waals surface area contributed by atoms with E-state index in [-0.39, 0.29) is 12.0 Å². The number of para-hydroxylation sites is 1. The summed E-state index contributed by atoms with van der Waals surface area (Å²) >= 11 is 1.70. The van der Waals surface area contributed by atoms with Gasteiger partial charge >= 0.3 is 0 Å². The van der Waals surface area contributed by atoms with Gasteiger partial charge in [0.15, 0.2) is 5.13 Å². The summed E-state index contributed by atoms with van der Waals surface area (Å²) in [6.07, 6.45) is 5.83. The minimum Gasteiger partial charge on any atom is -0.474 e. The molecule has 2 aromatic heterocycles. The first-order chi connectivity index (χ1) is 14.7. The third-order valence-electron chi connectivity index (χ3n) is 6.18. The van der Waals surface area contributed by atoms with E-state index in [0.717, 1.165) is 55.3 Å². The summed E-state index contributed by atoms with van der Waals surface area (Å²) < 4.78 is 7.50. The minimum absolute atomic E-state index is 0.164. The number of nitrogens with zero attached hydrogens (tertiary/aromatic N) is 3. The molecule has 5 rings (SSSR count). The molecule has 0 unspecified atom stereocenters. The van der Waals surface area contributed by atoms with Gasteiger partial charge in [-0.1, -0.05) is 29.5 Å². The van der Waals surface area contributed by atoms with Crippen LogP contribution in [0.5, 0.6) is 5.88 Å². The van der Waals surface area contributed by atoms with Gasteiger partial charge in [-0.15, -0.1) is 0 Å². The zero-order valence-electron chi connectivity index (χ0n) is 17.1. The molecule has 7 heteroatoms. The maximum atomic E-state index is 11.6. The summed E-state index contributed by atoms with van der Waals surface area (Å²) in [5.74, 6) is 1.33. The largest absolute Gasteiger partial charge is 0.474 e. The van der Waals surface area contributed by atoms with Crippen LogP contribution in [0.25, 0.3) is 10.2 Å². The molecule has 1 saturated carbocycles. The molecule has 1 aliphatic carbocycles. The Labute approximate surface area is 180 Å². The standard InChI is InChI=1S/C23H26N4O2S/c1-15(28)27-11-8-16(9-12-27)19-5-4-10-24-22(19)29-18-13-17(14-18)25-23-26-20-6-2-3-7-21(20)30-23/h2-7,10,16-18H,8-9,11-14H2,1H3,(H,25,26)/t17-,18-. The number of piperidine rings is 1. The lowest BCUT2D eigenvalue weighted by Gasteiger charge is -2.36. The normalized spacial score (nSPS) is 22.0. The van der Waals surface area contributed by atoms with Gasteiger partial charge in [0.1, 0.15) is 6.10 Å². The number of aromatic nitrogens is 2. The molecule has 1 saturated heterocycles. The van der Waals surface area contributed by atoms with E-state index in [0.29, 0.717) is 12.0 Å². The second-order valence-corrected chi connectivity index (χ2v) is 9.25. The summed E-state index contributed by atoms with van der Waals surface area (Å²) in [4.78, 5) is 22.7. The summed E-state index contributed by atoms with van der Waals surface area (Å²) in [6, 6.07) is 12.7. The lowest BCUT2D eigenvalue weighted by molar-refractivity contribution is -0.129. The third-order valence-corrected chi connectivity index (χ3v) is 7.14. The van der Waals surface area contributed by atoms with Crippen LogP contribution < -0.4 is 10.1 Å². The van der Waals surface area contributed by atoms with E-state index in [1.807, 2.05) is 29.2 Å². The fourth-order valence-electron chi connectivity index (χ4n) is 4.36. The summed E-state index contributed by atoms with van der Waals surface area (Å²) in [5, 5.41) is 4.53. The Morgan fingerprint density at radius 2 is 1.97 bits per heavy atom. The lowest BCUT2D eigenvalue weighted by Crippen LogP contribution is -2.43. The van der Waals surface area contributed by atoms with Crippen molar-refractivity contribution in [3.63, 3.8) is 0 Å². The molecule has 0 radical (unpaired) electrons. The SMILES string of the molecule is CC(=O)N1CCC(c2cccnc2O[C@H]2C[C@H](Nc3nc4ccccc4s3)C2)CC1. The Morgan fingerprint density at radius 1 is 1.17 bits per heavy atom. The van der Waals surface area contributed by atoms with Crippen molar-refractivity contribution in [1.29, 1.82) is 0 Å². The monoisotopic (exact) mass is 422 g/mol. The quantitative estimate of drug-likeness (QED) is 0.658. The van der Waals surface area contributed by atoms with Gasteiger partial charge in [-0.05, 0) is 37.0 Å². The summed E-state index contributed by atoms with van der Waals surface area (Å²) in [7, 11) is 0. The fraction of sp³-hybridized carbons (Fsp3) is 0.435. The summed E-state index contributed by atoms with van der Waals surface area (Å²) in [5.41, 5.74) is 2.23. The van der Waals surface area contributed by atoms with Crippen LogP contribution in [-0.4, -0.2) is 46.0 Å². The number of carbonyl (C=O) groups is 1. The molecule has 1 N–H and O–H groups in total. The number of hydrogen-bond acceptors (Lipinski definition) is 6. The maximum Gasteiger partial charge on any atom is 0.219 e. The molecule has 0 spiro atoms. The van der Waals surface area contributed by atoms with Crippen LogP contribution in [-0.2, 0) is 4.79 Å². The Kier molecular flexibility index (Phi) is 5.29. The van der Waals surface area contributed by atoms with Crippen molar-refractivity contribution in [3.8, 4) is 5.88 Å². The number of ether oxygens (including phenoxy) is 1. The highest BCUT2D eigenvalue weighted by Gasteiger charge is 2.33. The van der Waals surface area contributed by atoms with E-state index in [2.05, 4.69) is 27.4 Å². The summed E-state index contributed by atoms with van der Waals surface area (Å²) in [6.45, 7) is 3.27. The topological polar surface area (TPSA) is 67.4 Å². The number of rotatable bonds is 5. The maximum absolute atomic E-state index is 11.6. The van der Waals surface area contributed by atoms with Crippen LogP contribution in [0.4, 0.5) is 5.13 Å². The molecule has 1 aliphatic heterocycles. The lowest BCUT2D eigenvalue weighted by atomic mass is 9.88. The molecular weight excluding hydrogens is 396 g/mol. The Hall–Kier alpha value is -2.67. The van der Waals surface area contributed by atoms with Crippen LogP contribution in [0.3, 0.4) is 0 Å². The molecule has 0 atom stereocenters.